The van der Waals surface area contributed by atoms with Gasteiger partial charge in [-0.2, -0.15) is 0 Å². The van der Waals surface area contributed by atoms with Gasteiger partial charge in [0, 0.05) is 18.3 Å². The Balaban J connectivity index is 2.81. The van der Waals surface area contributed by atoms with Gasteiger partial charge in [0.05, 0.1) is 31.5 Å². The molecule has 0 radical (unpaired) electrons. The number of amides is 4. The van der Waals surface area contributed by atoms with Crippen LogP contribution in [0.1, 0.15) is 19.0 Å². The van der Waals surface area contributed by atoms with Crippen LogP contribution in [0.2, 0.25) is 0 Å². The summed E-state index contributed by atoms with van der Waals surface area (Å²) in [5.74, 6) is -5.26. The van der Waals surface area contributed by atoms with Crippen LogP contribution in [0.25, 0.3) is 0 Å². The number of hydrogen-bond acceptors (Lipinski definition) is 9. The highest BCUT2D eigenvalue weighted by Crippen LogP contribution is 2.01. The Morgan fingerprint density at radius 2 is 1.72 bits per heavy atom. The van der Waals surface area contributed by atoms with Crippen LogP contribution in [0.15, 0.2) is 12.5 Å². The second-order valence-corrected chi connectivity index (χ2v) is 6.93. The van der Waals surface area contributed by atoms with Crippen molar-refractivity contribution in [3.8, 4) is 0 Å². The lowest BCUT2D eigenvalue weighted by molar-refractivity contribution is -0.142. The minimum Gasteiger partial charge on any atom is -0.480 e. The minimum atomic E-state index is -1.59. The van der Waals surface area contributed by atoms with Crippen molar-refractivity contribution in [3.05, 3.63) is 18.2 Å². The van der Waals surface area contributed by atoms with Gasteiger partial charge in [0.25, 0.3) is 0 Å². The molecule has 4 amide bonds. The average molecular weight is 457 g/mol. The summed E-state index contributed by atoms with van der Waals surface area (Å²) >= 11 is 0. The second kappa shape index (κ2) is 12.3. The van der Waals surface area contributed by atoms with E-state index in [9.17, 15) is 39.3 Å². The van der Waals surface area contributed by atoms with Crippen LogP contribution in [0.4, 0.5) is 0 Å². The van der Waals surface area contributed by atoms with Crippen LogP contribution < -0.4 is 27.4 Å². The molecule has 1 rings (SSSR count). The molecular weight excluding hydrogens is 430 g/mol. The zero-order valence-corrected chi connectivity index (χ0v) is 17.1. The lowest BCUT2D eigenvalue weighted by Gasteiger charge is -2.25. The number of aromatic nitrogens is 2. The number of carbonyl (C=O) groups is 5. The van der Waals surface area contributed by atoms with E-state index in [0.717, 1.165) is 0 Å². The Hall–Kier alpha value is -3.56. The van der Waals surface area contributed by atoms with Crippen LogP contribution in [0.3, 0.4) is 0 Å². The van der Waals surface area contributed by atoms with E-state index >= 15 is 0 Å². The summed E-state index contributed by atoms with van der Waals surface area (Å²) in [4.78, 5) is 65.6. The maximum absolute atomic E-state index is 12.5. The maximum Gasteiger partial charge on any atom is 0.326 e. The Morgan fingerprint density at radius 3 is 2.19 bits per heavy atom. The first-order chi connectivity index (χ1) is 15.0. The van der Waals surface area contributed by atoms with E-state index in [1.54, 1.807) is 0 Å². The summed E-state index contributed by atoms with van der Waals surface area (Å²) in [6.45, 7) is 0.263. The van der Waals surface area contributed by atoms with Crippen LogP contribution >= 0.6 is 0 Å². The van der Waals surface area contributed by atoms with E-state index in [4.69, 9.17) is 11.5 Å². The van der Waals surface area contributed by atoms with Gasteiger partial charge in [-0.25, -0.2) is 9.78 Å². The van der Waals surface area contributed by atoms with Crippen molar-refractivity contribution in [1.82, 2.24) is 25.9 Å². The Bertz CT molecular complexity index is 814. The molecule has 5 unspecified atom stereocenters. The van der Waals surface area contributed by atoms with Crippen molar-refractivity contribution in [2.75, 3.05) is 6.61 Å². The van der Waals surface area contributed by atoms with Crippen molar-refractivity contribution < 1.29 is 39.3 Å². The molecule has 1 heterocycles. The molecule has 0 saturated heterocycles. The van der Waals surface area contributed by atoms with Crippen molar-refractivity contribution in [2.45, 2.75) is 50.0 Å². The number of aliphatic hydroxyl groups excluding tert-OH is 2. The zero-order chi connectivity index (χ0) is 24.4. The summed E-state index contributed by atoms with van der Waals surface area (Å²) in [5, 5.41) is 35.0. The summed E-state index contributed by atoms with van der Waals surface area (Å²) in [6.07, 6.45) is 0.597. The number of carboxylic acid groups (broad SMARTS) is 1. The number of aliphatic carboxylic acids is 1. The molecule has 15 heteroatoms. The van der Waals surface area contributed by atoms with Gasteiger partial charge in [0.2, 0.25) is 23.6 Å². The van der Waals surface area contributed by atoms with Crippen LogP contribution in [-0.4, -0.2) is 91.8 Å². The number of primary amides is 1. The van der Waals surface area contributed by atoms with Gasteiger partial charge in [0.1, 0.15) is 18.1 Å². The predicted octanol–water partition coefficient (Wildman–Crippen LogP) is -4.93. The first-order valence-corrected chi connectivity index (χ1v) is 9.40. The number of hydrogen-bond donors (Lipinski definition) is 9. The van der Waals surface area contributed by atoms with Gasteiger partial charge >= 0.3 is 5.97 Å². The third-order valence-electron chi connectivity index (χ3n) is 4.23. The smallest absolute Gasteiger partial charge is 0.326 e. The molecule has 0 aliphatic heterocycles. The van der Waals surface area contributed by atoms with E-state index < -0.39 is 72.9 Å². The molecule has 0 fully saturated rings. The quantitative estimate of drug-likeness (QED) is 0.136. The fraction of sp³-hybridized carbons (Fsp3) is 0.529. The molecule has 11 N–H and O–H groups in total. The Kier molecular flexibility index (Phi) is 10.2. The van der Waals surface area contributed by atoms with Crippen molar-refractivity contribution in [1.29, 1.82) is 0 Å². The fourth-order valence-corrected chi connectivity index (χ4v) is 2.52. The minimum absolute atomic E-state index is 0.142. The monoisotopic (exact) mass is 457 g/mol. The normalized spacial score (nSPS) is 15.5. The summed E-state index contributed by atoms with van der Waals surface area (Å²) in [7, 11) is 0. The van der Waals surface area contributed by atoms with Crippen LogP contribution in [-0.2, 0) is 30.4 Å². The van der Waals surface area contributed by atoms with E-state index in [1.807, 2.05) is 0 Å². The molecule has 15 nitrogen and oxygen atoms in total. The molecule has 32 heavy (non-hydrogen) atoms. The number of nitrogens with zero attached hydrogens (tertiary/aromatic N) is 1. The van der Waals surface area contributed by atoms with Gasteiger partial charge in [-0.05, 0) is 6.92 Å². The van der Waals surface area contributed by atoms with Gasteiger partial charge in [-0.15, -0.1) is 0 Å². The van der Waals surface area contributed by atoms with Crippen molar-refractivity contribution in [2.24, 2.45) is 11.5 Å². The second-order valence-electron chi connectivity index (χ2n) is 6.93. The lowest BCUT2D eigenvalue weighted by atomic mass is 10.1. The topological polar surface area (TPSA) is 263 Å². The van der Waals surface area contributed by atoms with Gasteiger partial charge < -0.3 is 47.7 Å². The summed E-state index contributed by atoms with van der Waals surface area (Å²) in [5.41, 5.74) is 10.9. The van der Waals surface area contributed by atoms with Crippen molar-refractivity contribution >= 4 is 29.6 Å². The van der Waals surface area contributed by atoms with E-state index in [-0.39, 0.29) is 6.42 Å². The predicted molar refractivity (Wildman–Crippen MR) is 106 cm³/mol. The number of imidazole rings is 1. The van der Waals surface area contributed by atoms with Crippen LogP contribution in [0.5, 0.6) is 0 Å². The molecule has 0 aliphatic rings. The third-order valence-corrected chi connectivity index (χ3v) is 4.23. The molecule has 0 aromatic carbocycles. The standard InChI is InChI=1S/C17H27N7O8/c1-7(26)13(24-14(28)9(18)3-12(19)27)16(30)23-11(5-25)15(29)22-10(17(31)32)2-8-4-20-6-21-8/h4,6-7,9-11,13,25-26H,2-3,5,18H2,1H3,(H2,19,27)(H,20,21)(H,22,29)(H,23,30)(H,24,28)(H,31,32). The molecular formula is C17H27N7O8. The highest BCUT2D eigenvalue weighted by atomic mass is 16.4. The lowest BCUT2D eigenvalue weighted by Crippen LogP contribution is -2.60. The summed E-state index contributed by atoms with van der Waals surface area (Å²) < 4.78 is 0. The average Bonchev–Trinajstić information content (AvgIpc) is 3.21. The number of aliphatic hydroxyl groups is 2. The SMILES string of the molecule is CC(O)C(NC(=O)C(N)CC(N)=O)C(=O)NC(CO)C(=O)NC(Cc1cnc[nH]1)C(=O)O. The van der Waals surface area contributed by atoms with Gasteiger partial charge in [0.15, 0.2) is 0 Å². The van der Waals surface area contributed by atoms with E-state index in [2.05, 4.69) is 25.9 Å². The number of carboxylic acids is 1. The number of nitrogens with two attached hydrogens (primary N) is 2. The number of H-pyrrole nitrogens is 1. The first-order valence-electron chi connectivity index (χ1n) is 9.40. The number of nitrogens with one attached hydrogen (secondary N) is 4. The fourth-order valence-electron chi connectivity index (χ4n) is 2.52. The van der Waals surface area contributed by atoms with Gasteiger partial charge in [-0.3, -0.25) is 19.2 Å². The van der Waals surface area contributed by atoms with Crippen LogP contribution in [0, 0.1) is 0 Å². The highest BCUT2D eigenvalue weighted by molar-refractivity contribution is 5.95. The molecule has 0 aliphatic carbocycles. The zero-order valence-electron chi connectivity index (χ0n) is 17.1. The molecule has 178 valence electrons. The number of rotatable bonds is 13. The number of aromatic amines is 1. The maximum atomic E-state index is 12.5. The number of carbonyl (C=O) groups excluding carboxylic acids is 4. The molecule has 0 bridgehead atoms. The van der Waals surface area contributed by atoms with E-state index in [1.165, 1.54) is 19.4 Å². The van der Waals surface area contributed by atoms with E-state index in [0.29, 0.717) is 5.69 Å². The first kappa shape index (κ1) is 26.5. The molecule has 1 aromatic rings. The third kappa shape index (κ3) is 8.29. The highest BCUT2D eigenvalue weighted by Gasteiger charge is 2.32. The molecule has 5 atom stereocenters. The molecule has 0 spiro atoms. The molecule has 0 saturated carbocycles. The Labute approximate surface area is 181 Å². The summed E-state index contributed by atoms with van der Waals surface area (Å²) in [6, 6.07) is -5.96. The van der Waals surface area contributed by atoms with Crippen molar-refractivity contribution in [3.63, 3.8) is 0 Å². The largest absolute Gasteiger partial charge is 0.480 e. The Morgan fingerprint density at radius 1 is 1.09 bits per heavy atom. The molecule has 1 aromatic heterocycles. The van der Waals surface area contributed by atoms with Gasteiger partial charge in [-0.1, -0.05) is 0 Å².